The van der Waals surface area contributed by atoms with Crippen molar-refractivity contribution in [1.29, 1.82) is 0 Å². The van der Waals surface area contributed by atoms with Gasteiger partial charge in [0.15, 0.2) is 0 Å². The van der Waals surface area contributed by atoms with Crippen LogP contribution >= 0.6 is 0 Å². The molecule has 3 heterocycles. The summed E-state index contributed by atoms with van der Waals surface area (Å²) in [6.07, 6.45) is 6.95. The molecule has 0 N–H and O–H groups in total. The van der Waals surface area contributed by atoms with Crippen molar-refractivity contribution in [3.63, 3.8) is 0 Å². The third kappa shape index (κ3) is 7.06. The zero-order chi connectivity index (χ0) is 35.3. The van der Waals surface area contributed by atoms with Gasteiger partial charge in [0, 0.05) is 35.0 Å². The van der Waals surface area contributed by atoms with Crippen LogP contribution in [0.25, 0.3) is 44.4 Å². The van der Waals surface area contributed by atoms with E-state index in [2.05, 4.69) is 152 Å². The normalized spacial score (nSPS) is 11.9. The van der Waals surface area contributed by atoms with Crippen molar-refractivity contribution in [2.45, 2.75) is 86.0 Å². The molecular weight excluding hydrogens is 808 g/mol. The van der Waals surface area contributed by atoms with Crippen molar-refractivity contribution in [2.24, 2.45) is 0 Å². The van der Waals surface area contributed by atoms with Gasteiger partial charge in [-0.25, -0.2) is 4.98 Å². The number of aryl methyl sites for hydroxylation is 2. The summed E-state index contributed by atoms with van der Waals surface area (Å²) in [5.74, 6) is 2.89. The maximum Gasteiger partial charge on any atom is 2.00 e. The zero-order valence-corrected chi connectivity index (χ0v) is 33.3. The number of nitrogens with zero attached hydrogens (tertiary/aromatic N) is 4. The van der Waals surface area contributed by atoms with Gasteiger partial charge in [0.1, 0.15) is 5.82 Å². The second-order valence-corrected chi connectivity index (χ2v) is 15.1. The van der Waals surface area contributed by atoms with E-state index in [4.69, 9.17) is 14.8 Å². The molecule has 0 unspecified atom stereocenters. The molecule has 0 atom stereocenters. The Labute approximate surface area is 317 Å². The van der Waals surface area contributed by atoms with Crippen LogP contribution in [-0.4, -0.2) is 19.3 Å². The van der Waals surface area contributed by atoms with E-state index < -0.39 is 0 Å². The average Bonchev–Trinajstić information content (AvgIpc) is 3.70. The molecule has 7 rings (SSSR count). The molecule has 4 aromatic carbocycles. The molecule has 0 aliphatic heterocycles. The third-order valence-corrected chi connectivity index (χ3v) is 9.63. The SMILES string of the molecule is CCc1ccnc(-n2c3[c-]c(Oc4[c-]c(-n5cc(-c6c(C(C)C)cc(C)cc6C(C)C)cn5)cc(C(C)(C)C)c4)ccc3c3ccccc32)c1.[Pt+2]. The van der Waals surface area contributed by atoms with E-state index in [0.717, 1.165) is 50.9 Å². The first-order valence-electron chi connectivity index (χ1n) is 17.8. The largest absolute Gasteiger partial charge is 2.00 e. The van der Waals surface area contributed by atoms with Gasteiger partial charge < -0.3 is 9.30 Å². The molecule has 7 aromatic rings. The number of para-hydroxylation sites is 1. The molecule has 262 valence electrons. The van der Waals surface area contributed by atoms with Crippen LogP contribution in [-0.2, 0) is 32.9 Å². The number of hydrogen-bond acceptors (Lipinski definition) is 3. The molecule has 0 amide bonds. The van der Waals surface area contributed by atoms with Gasteiger partial charge in [-0.2, -0.15) is 11.2 Å². The molecule has 0 radical (unpaired) electrons. The summed E-state index contributed by atoms with van der Waals surface area (Å²) in [5, 5.41) is 7.15. The van der Waals surface area contributed by atoms with Crippen molar-refractivity contribution < 1.29 is 25.8 Å². The first kappa shape index (κ1) is 36.3. The van der Waals surface area contributed by atoms with Gasteiger partial charge in [-0.1, -0.05) is 96.8 Å². The fraction of sp³-hybridized carbons (Fsp3) is 0.289. The van der Waals surface area contributed by atoms with Crippen molar-refractivity contribution >= 4 is 21.8 Å². The van der Waals surface area contributed by atoms with Crippen molar-refractivity contribution in [3.8, 4) is 34.1 Å². The van der Waals surface area contributed by atoms with E-state index in [1.165, 1.54) is 27.8 Å². The Kier molecular flexibility index (Phi) is 10.2. The standard InChI is InChI=1S/C45H46N4O.Pt/c1-10-31-17-18-46-43(21-31)49-41-14-12-11-13-37(41)38-16-15-35(25-42(38)49)50-36-23-33(45(7,8)9)22-34(24-36)48-27-32(26-47-48)44-39(28(2)3)19-30(6)20-40(44)29(4)5;/h11-23,26-29H,10H2,1-9H3;/q-2;+2. The number of ether oxygens (including phenoxy) is 1. The Morgan fingerprint density at radius 3 is 2.24 bits per heavy atom. The van der Waals surface area contributed by atoms with Crippen LogP contribution in [0, 0.1) is 19.1 Å². The number of aromatic nitrogens is 4. The molecule has 0 fully saturated rings. The monoisotopic (exact) mass is 853 g/mol. The molecule has 51 heavy (non-hydrogen) atoms. The second kappa shape index (κ2) is 14.3. The smallest absolute Gasteiger partial charge is 0.509 e. The minimum atomic E-state index is -0.124. The minimum Gasteiger partial charge on any atom is -0.509 e. The zero-order valence-electron chi connectivity index (χ0n) is 31.0. The molecule has 0 saturated heterocycles. The predicted octanol–water partition coefficient (Wildman–Crippen LogP) is 11.8. The van der Waals surface area contributed by atoms with Gasteiger partial charge in [-0.15, -0.1) is 41.3 Å². The number of rotatable bonds is 8. The maximum absolute atomic E-state index is 6.64. The Balaban J connectivity index is 0.00000448. The fourth-order valence-electron chi connectivity index (χ4n) is 6.90. The molecule has 0 aliphatic carbocycles. The molecule has 0 bridgehead atoms. The number of benzene rings is 4. The van der Waals surface area contributed by atoms with Gasteiger partial charge in [-0.05, 0) is 82.1 Å². The Morgan fingerprint density at radius 1 is 0.824 bits per heavy atom. The summed E-state index contributed by atoms with van der Waals surface area (Å²) in [4.78, 5) is 4.77. The summed E-state index contributed by atoms with van der Waals surface area (Å²) in [7, 11) is 0. The van der Waals surface area contributed by atoms with Crippen LogP contribution in [0.5, 0.6) is 11.5 Å². The van der Waals surface area contributed by atoms with Gasteiger partial charge in [0.05, 0.1) is 6.20 Å². The number of pyridine rings is 1. The van der Waals surface area contributed by atoms with E-state index in [1.807, 2.05) is 23.1 Å². The van der Waals surface area contributed by atoms with E-state index in [-0.39, 0.29) is 26.5 Å². The Hall–Kier alpha value is -4.47. The van der Waals surface area contributed by atoms with E-state index >= 15 is 0 Å². The summed E-state index contributed by atoms with van der Waals surface area (Å²) in [6.45, 7) is 20.1. The van der Waals surface area contributed by atoms with E-state index in [0.29, 0.717) is 23.3 Å². The van der Waals surface area contributed by atoms with Crippen LogP contribution < -0.4 is 4.74 Å². The molecule has 0 aliphatic rings. The Morgan fingerprint density at radius 2 is 1.55 bits per heavy atom. The van der Waals surface area contributed by atoms with Crippen LogP contribution in [0.1, 0.15) is 95.0 Å². The van der Waals surface area contributed by atoms with Crippen molar-refractivity contribution in [1.82, 2.24) is 19.3 Å². The molecule has 0 saturated carbocycles. The van der Waals surface area contributed by atoms with Crippen LogP contribution in [0.3, 0.4) is 0 Å². The summed E-state index contributed by atoms with van der Waals surface area (Å²) >= 11 is 0. The average molecular weight is 854 g/mol. The third-order valence-electron chi connectivity index (χ3n) is 9.63. The van der Waals surface area contributed by atoms with Gasteiger partial charge in [0.2, 0.25) is 0 Å². The molecule has 5 nitrogen and oxygen atoms in total. The molecule has 0 spiro atoms. The van der Waals surface area contributed by atoms with Gasteiger partial charge >= 0.3 is 21.1 Å². The number of hydrogen-bond donors (Lipinski definition) is 0. The first-order chi connectivity index (χ1) is 23.9. The van der Waals surface area contributed by atoms with E-state index in [1.54, 1.807) is 0 Å². The molecule has 6 heteroatoms. The summed E-state index contributed by atoms with van der Waals surface area (Å²) in [5.41, 5.74) is 11.5. The quantitative estimate of drug-likeness (QED) is 0.143. The maximum atomic E-state index is 6.64. The van der Waals surface area contributed by atoms with Crippen LogP contribution in [0.4, 0.5) is 0 Å². The topological polar surface area (TPSA) is 44.9 Å². The van der Waals surface area contributed by atoms with Gasteiger partial charge in [-0.3, -0.25) is 4.68 Å². The number of fused-ring (bicyclic) bond motifs is 3. The molecular formula is C45H46N4OPt. The Bertz CT molecular complexity index is 2330. The van der Waals surface area contributed by atoms with E-state index in [9.17, 15) is 0 Å². The molecule has 3 aromatic heterocycles. The summed E-state index contributed by atoms with van der Waals surface area (Å²) in [6, 6.07) is 32.8. The van der Waals surface area contributed by atoms with Crippen LogP contribution in [0.15, 0.2) is 91.4 Å². The van der Waals surface area contributed by atoms with Crippen LogP contribution in [0.2, 0.25) is 0 Å². The predicted molar refractivity (Wildman–Crippen MR) is 206 cm³/mol. The minimum absolute atomic E-state index is 0. The van der Waals surface area contributed by atoms with Crippen molar-refractivity contribution in [3.05, 3.63) is 131 Å². The second-order valence-electron chi connectivity index (χ2n) is 15.1. The first-order valence-corrected chi connectivity index (χ1v) is 17.8. The summed E-state index contributed by atoms with van der Waals surface area (Å²) < 4.78 is 10.8. The van der Waals surface area contributed by atoms with Gasteiger partial charge in [0.25, 0.3) is 0 Å². The fourth-order valence-corrected chi connectivity index (χ4v) is 6.90. The van der Waals surface area contributed by atoms with Crippen molar-refractivity contribution in [2.75, 3.05) is 0 Å².